The molecule has 0 aromatic heterocycles. The molecule has 0 atom stereocenters. The van der Waals surface area contributed by atoms with E-state index < -0.39 is 0 Å². The van der Waals surface area contributed by atoms with Gasteiger partial charge in [0, 0.05) is 11.4 Å². The zero-order valence-corrected chi connectivity index (χ0v) is 14.9. The number of nitrogens with two attached hydrogens (primary N) is 2. The molecule has 0 saturated heterocycles. The summed E-state index contributed by atoms with van der Waals surface area (Å²) in [6.07, 6.45) is 9.49. The van der Waals surface area contributed by atoms with E-state index >= 15 is 0 Å². The van der Waals surface area contributed by atoms with Gasteiger partial charge in [-0.3, -0.25) is 0 Å². The number of benzene rings is 2. The van der Waals surface area contributed by atoms with E-state index in [0.29, 0.717) is 5.70 Å². The fourth-order valence-electron chi connectivity index (χ4n) is 1.48. The van der Waals surface area contributed by atoms with Crippen molar-refractivity contribution in [1.82, 2.24) is 0 Å². The van der Waals surface area contributed by atoms with Crippen molar-refractivity contribution < 1.29 is 0 Å². The topological polar surface area (TPSA) is 52.0 Å². The average Bonchev–Trinajstić information content (AvgIpc) is 2.64. The van der Waals surface area contributed by atoms with Crippen molar-refractivity contribution in [3.8, 4) is 0 Å². The largest absolute Gasteiger partial charge is 0.399 e. The summed E-state index contributed by atoms with van der Waals surface area (Å²) in [6.45, 7) is 12.6. The molecule has 0 fully saturated rings. The Morgan fingerprint density at radius 2 is 1.36 bits per heavy atom. The van der Waals surface area contributed by atoms with Gasteiger partial charge in [-0.05, 0) is 36.3 Å². The Balaban J connectivity index is 0.000000401. The van der Waals surface area contributed by atoms with Crippen LogP contribution in [0.3, 0.4) is 0 Å². The third-order valence-corrected chi connectivity index (χ3v) is 2.81. The zero-order valence-electron chi connectivity index (χ0n) is 14.9. The Hall–Kier alpha value is -3.26. The first kappa shape index (κ1) is 21.7. The van der Waals surface area contributed by atoms with Crippen molar-refractivity contribution in [1.29, 1.82) is 0 Å². The predicted molar refractivity (Wildman–Crippen MR) is 114 cm³/mol. The summed E-state index contributed by atoms with van der Waals surface area (Å²) < 4.78 is 0. The molecule has 0 bridgehead atoms. The van der Waals surface area contributed by atoms with Gasteiger partial charge in [-0.25, -0.2) is 0 Å². The van der Waals surface area contributed by atoms with E-state index in [1.165, 1.54) is 11.6 Å². The van der Waals surface area contributed by atoms with Gasteiger partial charge in [0.15, 0.2) is 0 Å². The number of nitrogen functional groups attached to an aromatic ring is 1. The molecule has 0 aliphatic rings. The van der Waals surface area contributed by atoms with E-state index in [4.69, 9.17) is 11.5 Å². The van der Waals surface area contributed by atoms with E-state index in [1.807, 2.05) is 79.8 Å². The SMILES string of the molecule is C=C(/C=C\C=C/C)c1ccccc1.C=CC(=C)N.Nc1ccccc1. The van der Waals surface area contributed by atoms with E-state index in [0.717, 1.165) is 11.3 Å². The lowest BCUT2D eigenvalue weighted by Gasteiger charge is -1.97. The summed E-state index contributed by atoms with van der Waals surface area (Å²) in [5, 5.41) is 0. The van der Waals surface area contributed by atoms with Crippen LogP contribution >= 0.6 is 0 Å². The molecule has 0 unspecified atom stereocenters. The monoisotopic (exact) mass is 332 g/mol. The van der Waals surface area contributed by atoms with Crippen molar-refractivity contribution in [2.45, 2.75) is 6.92 Å². The third kappa shape index (κ3) is 12.9. The highest BCUT2D eigenvalue weighted by Gasteiger charge is 1.90. The Bertz CT molecular complexity index is 681. The van der Waals surface area contributed by atoms with E-state index in [-0.39, 0.29) is 0 Å². The summed E-state index contributed by atoms with van der Waals surface area (Å²) in [5.41, 5.74) is 13.9. The molecule has 4 N–H and O–H groups in total. The van der Waals surface area contributed by atoms with Gasteiger partial charge < -0.3 is 11.5 Å². The fraction of sp³-hybridized carbons (Fsp3) is 0.0435. The second-order valence-corrected chi connectivity index (χ2v) is 4.97. The maximum atomic E-state index is 5.36. The lowest BCUT2D eigenvalue weighted by molar-refractivity contribution is 1.46. The molecule has 0 saturated carbocycles. The van der Waals surface area contributed by atoms with Crippen LogP contribution in [0.2, 0.25) is 0 Å². The fourth-order valence-corrected chi connectivity index (χ4v) is 1.48. The molecule has 130 valence electrons. The average molecular weight is 332 g/mol. The molecule has 2 aromatic rings. The van der Waals surface area contributed by atoms with Gasteiger partial charge in [0.1, 0.15) is 0 Å². The van der Waals surface area contributed by atoms with Crippen LogP contribution in [-0.2, 0) is 0 Å². The van der Waals surface area contributed by atoms with Gasteiger partial charge in [0.05, 0.1) is 0 Å². The number of hydrogen-bond acceptors (Lipinski definition) is 2. The van der Waals surface area contributed by atoms with Crippen molar-refractivity contribution >= 4 is 11.3 Å². The lowest BCUT2D eigenvalue weighted by atomic mass is 10.1. The second-order valence-electron chi connectivity index (χ2n) is 4.97. The van der Waals surface area contributed by atoms with Crippen molar-refractivity contribution in [3.05, 3.63) is 122 Å². The minimum atomic E-state index is 0.519. The molecule has 2 aromatic carbocycles. The molecular weight excluding hydrogens is 304 g/mol. The van der Waals surface area contributed by atoms with Crippen LogP contribution in [0.1, 0.15) is 12.5 Å². The Morgan fingerprint density at radius 1 is 0.880 bits per heavy atom. The maximum Gasteiger partial charge on any atom is 0.0313 e. The number of allylic oxidation sites excluding steroid dienone is 6. The van der Waals surface area contributed by atoms with E-state index in [9.17, 15) is 0 Å². The Kier molecular flexibility index (Phi) is 12.5. The highest BCUT2D eigenvalue weighted by atomic mass is 14.5. The highest BCUT2D eigenvalue weighted by Crippen LogP contribution is 2.12. The summed E-state index contributed by atoms with van der Waals surface area (Å²) in [6, 6.07) is 19.6. The van der Waals surface area contributed by atoms with Gasteiger partial charge >= 0.3 is 0 Å². The van der Waals surface area contributed by atoms with Crippen LogP contribution < -0.4 is 11.5 Å². The molecule has 25 heavy (non-hydrogen) atoms. The highest BCUT2D eigenvalue weighted by molar-refractivity contribution is 5.72. The molecule has 2 rings (SSSR count). The van der Waals surface area contributed by atoms with Gasteiger partial charge in [0.25, 0.3) is 0 Å². The first-order valence-corrected chi connectivity index (χ1v) is 7.92. The molecule has 0 amide bonds. The molecular formula is C23H28N2. The minimum absolute atomic E-state index is 0.519. The number of para-hydroxylation sites is 1. The van der Waals surface area contributed by atoms with Gasteiger partial charge in [0.2, 0.25) is 0 Å². The van der Waals surface area contributed by atoms with Crippen LogP contribution in [0.15, 0.2) is 116 Å². The number of hydrogen-bond donors (Lipinski definition) is 2. The number of anilines is 1. The zero-order chi connectivity index (χ0) is 18.9. The molecule has 2 heteroatoms. The summed E-state index contributed by atoms with van der Waals surface area (Å²) in [5.74, 6) is 0. The quantitative estimate of drug-likeness (QED) is 0.553. The summed E-state index contributed by atoms with van der Waals surface area (Å²) in [4.78, 5) is 0. The molecule has 0 aliphatic heterocycles. The predicted octanol–water partition coefficient (Wildman–Crippen LogP) is 5.75. The van der Waals surface area contributed by atoms with Crippen LogP contribution in [-0.4, -0.2) is 0 Å². The molecule has 0 radical (unpaired) electrons. The smallest absolute Gasteiger partial charge is 0.0313 e. The van der Waals surface area contributed by atoms with Gasteiger partial charge in [-0.1, -0.05) is 92.6 Å². The van der Waals surface area contributed by atoms with Gasteiger partial charge in [-0.15, -0.1) is 0 Å². The Labute approximate surface area is 152 Å². The lowest BCUT2D eigenvalue weighted by Crippen LogP contribution is -1.86. The Morgan fingerprint density at radius 3 is 1.72 bits per heavy atom. The maximum absolute atomic E-state index is 5.36. The second kappa shape index (κ2) is 14.3. The van der Waals surface area contributed by atoms with Crippen molar-refractivity contribution in [2.24, 2.45) is 5.73 Å². The minimum Gasteiger partial charge on any atom is -0.399 e. The van der Waals surface area contributed by atoms with Crippen LogP contribution in [0.4, 0.5) is 5.69 Å². The van der Waals surface area contributed by atoms with Gasteiger partial charge in [-0.2, -0.15) is 0 Å². The summed E-state index contributed by atoms with van der Waals surface area (Å²) in [7, 11) is 0. The molecule has 0 spiro atoms. The first-order valence-electron chi connectivity index (χ1n) is 7.92. The normalized spacial score (nSPS) is 9.48. The summed E-state index contributed by atoms with van der Waals surface area (Å²) >= 11 is 0. The standard InChI is InChI=1S/C13H14.C6H7N.C4H7N/c1-3-4-6-9-12(2)13-10-7-5-8-11-13;7-6-4-2-1-3-5-6;1-3-4(2)5/h3-11H,2H2,1H3;1-5H,7H2;3H,1-2,5H2/b4-3-,9-6-;;. The first-order chi connectivity index (χ1) is 12.0. The van der Waals surface area contributed by atoms with Crippen molar-refractivity contribution in [2.75, 3.05) is 5.73 Å². The van der Waals surface area contributed by atoms with Crippen molar-refractivity contribution in [3.63, 3.8) is 0 Å². The van der Waals surface area contributed by atoms with E-state index in [1.54, 1.807) is 0 Å². The van der Waals surface area contributed by atoms with E-state index in [2.05, 4.69) is 31.9 Å². The molecule has 0 aliphatic carbocycles. The molecule has 2 nitrogen and oxygen atoms in total. The van der Waals surface area contributed by atoms with Crippen LogP contribution in [0, 0.1) is 0 Å². The molecule has 0 heterocycles. The third-order valence-electron chi connectivity index (χ3n) is 2.81. The number of rotatable bonds is 4. The van der Waals surface area contributed by atoms with Crippen LogP contribution in [0.5, 0.6) is 0 Å². The van der Waals surface area contributed by atoms with Crippen LogP contribution in [0.25, 0.3) is 5.57 Å².